The van der Waals surface area contributed by atoms with E-state index in [-0.39, 0.29) is 18.6 Å². The van der Waals surface area contributed by atoms with Gasteiger partial charge in [0.25, 0.3) is 5.91 Å². The topological polar surface area (TPSA) is 47.6 Å². The molecule has 0 saturated heterocycles. The summed E-state index contributed by atoms with van der Waals surface area (Å²) in [5, 5.41) is 2.95. The molecule has 24 heavy (non-hydrogen) atoms. The van der Waals surface area contributed by atoms with Crippen molar-refractivity contribution in [3.63, 3.8) is 0 Å². The number of carbonyl (C=O) groups excluding carboxylic acids is 1. The summed E-state index contributed by atoms with van der Waals surface area (Å²) < 4.78 is 11.0. The van der Waals surface area contributed by atoms with Gasteiger partial charge < -0.3 is 14.8 Å². The van der Waals surface area contributed by atoms with Crippen molar-refractivity contribution < 1.29 is 14.3 Å². The summed E-state index contributed by atoms with van der Waals surface area (Å²) >= 11 is 0. The third-order valence-electron chi connectivity index (χ3n) is 4.08. The van der Waals surface area contributed by atoms with Crippen LogP contribution in [0.3, 0.4) is 0 Å². The van der Waals surface area contributed by atoms with E-state index in [4.69, 9.17) is 9.47 Å². The summed E-state index contributed by atoms with van der Waals surface area (Å²) in [7, 11) is 1.63. The van der Waals surface area contributed by atoms with Gasteiger partial charge in [-0.05, 0) is 57.0 Å². The van der Waals surface area contributed by atoms with E-state index in [1.54, 1.807) is 7.11 Å². The van der Waals surface area contributed by atoms with E-state index in [1.165, 1.54) is 5.56 Å². The van der Waals surface area contributed by atoms with Gasteiger partial charge >= 0.3 is 0 Å². The SMILES string of the molecule is COc1ccc(C)cc1[C@H](C)NC(=O)COc1ccc(C)c(C)c1. The lowest BCUT2D eigenvalue weighted by molar-refractivity contribution is -0.123. The standard InChI is InChI=1S/C20H25NO3/c1-13-6-9-19(23-5)18(10-13)16(4)21-20(22)12-24-17-8-7-14(2)15(3)11-17/h6-11,16H,12H2,1-5H3,(H,21,22)/t16-/m0/s1. The number of hydrogen-bond donors (Lipinski definition) is 1. The fourth-order valence-corrected chi connectivity index (χ4v) is 2.51. The maximum Gasteiger partial charge on any atom is 0.258 e. The average Bonchev–Trinajstić information content (AvgIpc) is 2.55. The zero-order valence-electron chi connectivity index (χ0n) is 15.0. The van der Waals surface area contributed by atoms with Crippen molar-refractivity contribution in [2.24, 2.45) is 0 Å². The number of aryl methyl sites for hydroxylation is 3. The highest BCUT2D eigenvalue weighted by molar-refractivity contribution is 5.78. The van der Waals surface area contributed by atoms with Gasteiger partial charge in [0.15, 0.2) is 6.61 Å². The smallest absolute Gasteiger partial charge is 0.258 e. The fourth-order valence-electron chi connectivity index (χ4n) is 2.51. The summed E-state index contributed by atoms with van der Waals surface area (Å²) in [6.07, 6.45) is 0. The van der Waals surface area contributed by atoms with Crippen molar-refractivity contribution in [3.05, 3.63) is 58.7 Å². The zero-order chi connectivity index (χ0) is 17.7. The number of carbonyl (C=O) groups is 1. The minimum Gasteiger partial charge on any atom is -0.496 e. The van der Waals surface area contributed by atoms with E-state index >= 15 is 0 Å². The molecule has 0 heterocycles. The van der Waals surface area contributed by atoms with E-state index < -0.39 is 0 Å². The van der Waals surface area contributed by atoms with Crippen molar-refractivity contribution >= 4 is 5.91 Å². The van der Waals surface area contributed by atoms with Crippen LogP contribution < -0.4 is 14.8 Å². The highest BCUT2D eigenvalue weighted by atomic mass is 16.5. The molecule has 0 fully saturated rings. The van der Waals surface area contributed by atoms with Gasteiger partial charge in [-0.2, -0.15) is 0 Å². The fraction of sp³-hybridized carbons (Fsp3) is 0.350. The van der Waals surface area contributed by atoms with Crippen LogP contribution in [0.2, 0.25) is 0 Å². The Kier molecular flexibility index (Phi) is 5.85. The van der Waals surface area contributed by atoms with Crippen LogP contribution in [0.5, 0.6) is 11.5 Å². The molecule has 2 aromatic carbocycles. The molecule has 1 N–H and O–H groups in total. The Morgan fingerprint density at radius 1 is 1.08 bits per heavy atom. The van der Waals surface area contributed by atoms with Gasteiger partial charge in [-0.3, -0.25) is 4.79 Å². The van der Waals surface area contributed by atoms with Crippen LogP contribution in [-0.4, -0.2) is 19.6 Å². The number of ether oxygens (including phenoxy) is 2. The molecule has 0 aliphatic carbocycles. The van der Waals surface area contributed by atoms with Crippen LogP contribution >= 0.6 is 0 Å². The molecule has 0 saturated carbocycles. The molecular weight excluding hydrogens is 302 g/mol. The number of amides is 1. The largest absolute Gasteiger partial charge is 0.496 e. The predicted molar refractivity (Wildman–Crippen MR) is 95.7 cm³/mol. The number of methoxy groups -OCH3 is 1. The lowest BCUT2D eigenvalue weighted by Crippen LogP contribution is -2.31. The van der Waals surface area contributed by atoms with E-state index in [2.05, 4.69) is 5.32 Å². The average molecular weight is 327 g/mol. The molecule has 0 aromatic heterocycles. The van der Waals surface area contributed by atoms with E-state index in [0.717, 1.165) is 22.4 Å². The third-order valence-corrected chi connectivity index (χ3v) is 4.08. The first kappa shape index (κ1) is 17.9. The van der Waals surface area contributed by atoms with Crippen LogP contribution in [0.4, 0.5) is 0 Å². The normalized spacial score (nSPS) is 11.7. The molecule has 4 heteroatoms. The summed E-state index contributed by atoms with van der Waals surface area (Å²) in [6.45, 7) is 8.00. The van der Waals surface area contributed by atoms with Crippen molar-refractivity contribution in [2.75, 3.05) is 13.7 Å². The van der Waals surface area contributed by atoms with Gasteiger partial charge in [-0.15, -0.1) is 0 Å². The number of rotatable bonds is 6. The lowest BCUT2D eigenvalue weighted by atomic mass is 10.0. The Hall–Kier alpha value is -2.49. The molecule has 1 amide bonds. The van der Waals surface area contributed by atoms with Gasteiger partial charge in [0.2, 0.25) is 0 Å². The summed E-state index contributed by atoms with van der Waals surface area (Å²) in [4.78, 5) is 12.2. The first-order chi connectivity index (χ1) is 11.4. The minimum atomic E-state index is -0.163. The summed E-state index contributed by atoms with van der Waals surface area (Å²) in [5.41, 5.74) is 4.42. The van der Waals surface area contributed by atoms with Crippen LogP contribution in [0.25, 0.3) is 0 Å². The lowest BCUT2D eigenvalue weighted by Gasteiger charge is -2.18. The van der Waals surface area contributed by atoms with Gasteiger partial charge in [-0.1, -0.05) is 23.8 Å². The van der Waals surface area contributed by atoms with Crippen LogP contribution in [0.1, 0.15) is 35.2 Å². The van der Waals surface area contributed by atoms with Crippen molar-refractivity contribution in [2.45, 2.75) is 33.7 Å². The summed E-state index contributed by atoms with van der Waals surface area (Å²) in [6, 6.07) is 11.6. The molecule has 0 radical (unpaired) electrons. The Balaban J connectivity index is 1.96. The second-order valence-corrected chi connectivity index (χ2v) is 6.07. The molecule has 0 aliphatic rings. The summed E-state index contributed by atoms with van der Waals surface area (Å²) in [5.74, 6) is 1.31. The Bertz CT molecular complexity index is 725. The quantitative estimate of drug-likeness (QED) is 0.876. The molecule has 1 atom stereocenters. The molecule has 0 bridgehead atoms. The Morgan fingerprint density at radius 2 is 1.83 bits per heavy atom. The van der Waals surface area contributed by atoms with Gasteiger partial charge in [0, 0.05) is 5.56 Å². The van der Waals surface area contributed by atoms with Gasteiger partial charge in [0.1, 0.15) is 11.5 Å². The molecule has 0 unspecified atom stereocenters. The van der Waals surface area contributed by atoms with Gasteiger partial charge in [0.05, 0.1) is 13.2 Å². The number of benzene rings is 2. The maximum atomic E-state index is 12.2. The molecule has 128 valence electrons. The second-order valence-electron chi connectivity index (χ2n) is 6.07. The van der Waals surface area contributed by atoms with Crippen molar-refractivity contribution in [3.8, 4) is 11.5 Å². The number of hydrogen-bond acceptors (Lipinski definition) is 3. The third kappa shape index (κ3) is 4.51. The van der Waals surface area contributed by atoms with Crippen LogP contribution in [0, 0.1) is 20.8 Å². The van der Waals surface area contributed by atoms with Crippen LogP contribution in [-0.2, 0) is 4.79 Å². The van der Waals surface area contributed by atoms with Gasteiger partial charge in [-0.25, -0.2) is 0 Å². The molecule has 4 nitrogen and oxygen atoms in total. The van der Waals surface area contributed by atoms with Crippen molar-refractivity contribution in [1.29, 1.82) is 0 Å². The zero-order valence-corrected chi connectivity index (χ0v) is 15.0. The second kappa shape index (κ2) is 7.86. The minimum absolute atomic E-state index is 0.0129. The molecule has 2 aromatic rings. The highest BCUT2D eigenvalue weighted by Gasteiger charge is 2.14. The molecular formula is C20H25NO3. The van der Waals surface area contributed by atoms with E-state index in [9.17, 15) is 4.79 Å². The highest BCUT2D eigenvalue weighted by Crippen LogP contribution is 2.26. The first-order valence-electron chi connectivity index (χ1n) is 8.04. The monoisotopic (exact) mass is 327 g/mol. The Morgan fingerprint density at radius 3 is 2.50 bits per heavy atom. The molecule has 0 aliphatic heterocycles. The van der Waals surface area contributed by atoms with E-state index in [1.807, 2.05) is 64.1 Å². The maximum absolute atomic E-state index is 12.2. The predicted octanol–water partition coefficient (Wildman–Crippen LogP) is 3.88. The molecule has 0 spiro atoms. The Labute approximate surface area is 143 Å². The van der Waals surface area contributed by atoms with Crippen LogP contribution in [0.15, 0.2) is 36.4 Å². The van der Waals surface area contributed by atoms with E-state index in [0.29, 0.717) is 5.75 Å². The first-order valence-corrected chi connectivity index (χ1v) is 8.04. The number of nitrogens with one attached hydrogen (secondary N) is 1. The van der Waals surface area contributed by atoms with Crippen molar-refractivity contribution in [1.82, 2.24) is 5.32 Å². The molecule has 2 rings (SSSR count).